The minimum absolute atomic E-state index is 0.0291. The minimum Gasteiger partial charge on any atom is -0.395 e. The molecule has 7 heteroatoms. The summed E-state index contributed by atoms with van der Waals surface area (Å²) in [4.78, 5) is 21.3. The summed E-state index contributed by atoms with van der Waals surface area (Å²) in [6.07, 6.45) is 0.856. The van der Waals surface area contributed by atoms with Crippen molar-refractivity contribution in [2.24, 2.45) is 0 Å². The molecule has 0 radical (unpaired) electrons. The number of rotatable bonds is 3. The van der Waals surface area contributed by atoms with Crippen molar-refractivity contribution >= 4 is 11.8 Å². The van der Waals surface area contributed by atoms with Gasteiger partial charge in [-0.1, -0.05) is 0 Å². The van der Waals surface area contributed by atoms with Crippen LogP contribution in [-0.2, 0) is 0 Å². The van der Waals surface area contributed by atoms with Crippen molar-refractivity contribution in [3.63, 3.8) is 0 Å². The standard InChI is InChI=1S/C9H11N3O4/c13-9(11-6-3-4-10-5-6)7-1-2-8(16-7)12(14)15/h1-2,6,10H,3-5H2,(H,11,13). The molecule has 2 N–H and O–H groups in total. The van der Waals surface area contributed by atoms with E-state index in [0.29, 0.717) is 6.54 Å². The van der Waals surface area contributed by atoms with Gasteiger partial charge >= 0.3 is 5.88 Å². The van der Waals surface area contributed by atoms with Gasteiger partial charge in [-0.25, -0.2) is 0 Å². The summed E-state index contributed by atoms with van der Waals surface area (Å²) in [5.41, 5.74) is 0. The van der Waals surface area contributed by atoms with Crippen LogP contribution in [0.5, 0.6) is 0 Å². The number of furan rings is 1. The minimum atomic E-state index is -0.673. The smallest absolute Gasteiger partial charge is 0.395 e. The quantitative estimate of drug-likeness (QED) is 0.568. The van der Waals surface area contributed by atoms with Crippen molar-refractivity contribution in [3.05, 3.63) is 28.0 Å². The number of hydrogen-bond donors (Lipinski definition) is 2. The number of nitrogens with zero attached hydrogens (tertiary/aromatic N) is 1. The zero-order valence-electron chi connectivity index (χ0n) is 8.43. The van der Waals surface area contributed by atoms with Crippen LogP contribution in [0.2, 0.25) is 0 Å². The summed E-state index contributed by atoms with van der Waals surface area (Å²) in [5, 5.41) is 16.2. The highest BCUT2D eigenvalue weighted by molar-refractivity contribution is 5.91. The van der Waals surface area contributed by atoms with Gasteiger partial charge < -0.3 is 15.1 Å². The molecule has 2 heterocycles. The molecular weight excluding hydrogens is 214 g/mol. The van der Waals surface area contributed by atoms with E-state index in [1.54, 1.807) is 0 Å². The molecular formula is C9H11N3O4. The van der Waals surface area contributed by atoms with Crippen molar-refractivity contribution < 1.29 is 14.1 Å². The predicted octanol–water partition coefficient (Wildman–Crippen LogP) is 0.280. The van der Waals surface area contributed by atoms with Crippen LogP contribution in [0.4, 0.5) is 5.88 Å². The van der Waals surface area contributed by atoms with E-state index in [2.05, 4.69) is 10.6 Å². The van der Waals surface area contributed by atoms with Crippen LogP contribution < -0.4 is 10.6 Å². The largest absolute Gasteiger partial charge is 0.433 e. The Hall–Kier alpha value is -1.89. The normalized spacial score (nSPS) is 19.6. The molecule has 16 heavy (non-hydrogen) atoms. The molecule has 0 aliphatic carbocycles. The average molecular weight is 225 g/mol. The Balaban J connectivity index is 1.99. The highest BCUT2D eigenvalue weighted by atomic mass is 16.6. The van der Waals surface area contributed by atoms with Gasteiger partial charge in [0.15, 0.2) is 5.76 Å². The Morgan fingerprint density at radius 2 is 2.44 bits per heavy atom. The first-order chi connectivity index (χ1) is 7.66. The molecule has 1 fully saturated rings. The molecule has 1 unspecified atom stereocenters. The Morgan fingerprint density at radius 1 is 1.62 bits per heavy atom. The first-order valence-corrected chi connectivity index (χ1v) is 4.92. The maximum absolute atomic E-state index is 11.6. The summed E-state index contributed by atoms with van der Waals surface area (Å²) < 4.78 is 4.79. The second kappa shape index (κ2) is 4.31. The fraction of sp³-hybridized carbons (Fsp3) is 0.444. The van der Waals surface area contributed by atoms with Crippen molar-refractivity contribution in [2.75, 3.05) is 13.1 Å². The monoisotopic (exact) mass is 225 g/mol. The molecule has 7 nitrogen and oxygen atoms in total. The number of hydrogen-bond acceptors (Lipinski definition) is 5. The van der Waals surface area contributed by atoms with Crippen molar-refractivity contribution in [1.29, 1.82) is 0 Å². The lowest BCUT2D eigenvalue weighted by Gasteiger charge is -2.08. The van der Waals surface area contributed by atoms with Gasteiger partial charge in [0, 0.05) is 12.6 Å². The fourth-order valence-corrected chi connectivity index (χ4v) is 1.58. The third-order valence-corrected chi connectivity index (χ3v) is 2.39. The summed E-state index contributed by atoms with van der Waals surface area (Å²) in [7, 11) is 0. The molecule has 86 valence electrons. The van der Waals surface area contributed by atoms with Crippen molar-refractivity contribution in [1.82, 2.24) is 10.6 Å². The molecule has 0 spiro atoms. The van der Waals surface area contributed by atoms with E-state index in [0.717, 1.165) is 13.0 Å². The van der Waals surface area contributed by atoms with Crippen molar-refractivity contribution in [3.8, 4) is 0 Å². The molecule has 0 aromatic carbocycles. The lowest BCUT2D eigenvalue weighted by atomic mass is 10.2. The first kappa shape index (κ1) is 10.6. The average Bonchev–Trinajstić information content (AvgIpc) is 2.86. The van der Waals surface area contributed by atoms with E-state index in [9.17, 15) is 14.9 Å². The molecule has 1 amide bonds. The Kier molecular flexibility index (Phi) is 2.86. The molecule has 1 saturated heterocycles. The molecule has 1 aromatic rings. The van der Waals surface area contributed by atoms with E-state index in [4.69, 9.17) is 4.42 Å². The van der Waals surface area contributed by atoms with Crippen LogP contribution in [0.3, 0.4) is 0 Å². The molecule has 1 atom stereocenters. The third kappa shape index (κ3) is 2.19. The van der Waals surface area contributed by atoms with Gasteiger partial charge in [-0.05, 0) is 19.0 Å². The maximum atomic E-state index is 11.6. The Bertz CT molecular complexity index is 409. The van der Waals surface area contributed by atoms with Gasteiger partial charge in [0.1, 0.15) is 4.92 Å². The van der Waals surface area contributed by atoms with Gasteiger partial charge in [0.2, 0.25) is 0 Å². The van der Waals surface area contributed by atoms with Crippen LogP contribution in [0.15, 0.2) is 16.5 Å². The van der Waals surface area contributed by atoms with E-state index in [1.807, 2.05) is 0 Å². The van der Waals surface area contributed by atoms with Crippen LogP contribution in [0.25, 0.3) is 0 Å². The second-order valence-electron chi connectivity index (χ2n) is 3.56. The fourth-order valence-electron chi connectivity index (χ4n) is 1.58. The zero-order chi connectivity index (χ0) is 11.5. The summed E-state index contributed by atoms with van der Waals surface area (Å²) >= 11 is 0. The van der Waals surface area contributed by atoms with E-state index < -0.39 is 16.7 Å². The van der Waals surface area contributed by atoms with Gasteiger partial charge in [-0.15, -0.1) is 0 Å². The molecule has 1 aliphatic heterocycles. The number of carbonyl (C=O) groups is 1. The number of nitrogens with one attached hydrogen (secondary N) is 2. The van der Waals surface area contributed by atoms with E-state index in [-0.39, 0.29) is 11.8 Å². The van der Waals surface area contributed by atoms with Crippen LogP contribution in [0.1, 0.15) is 17.0 Å². The summed E-state index contributed by atoms with van der Waals surface area (Å²) in [6, 6.07) is 2.54. The van der Waals surface area contributed by atoms with E-state index in [1.165, 1.54) is 12.1 Å². The maximum Gasteiger partial charge on any atom is 0.433 e. The van der Waals surface area contributed by atoms with E-state index >= 15 is 0 Å². The molecule has 1 aromatic heterocycles. The first-order valence-electron chi connectivity index (χ1n) is 4.92. The van der Waals surface area contributed by atoms with Gasteiger partial charge in [-0.3, -0.25) is 14.9 Å². The number of amides is 1. The SMILES string of the molecule is O=C(NC1CCNC1)c1ccc([N+](=O)[O-])o1. The lowest BCUT2D eigenvalue weighted by Crippen LogP contribution is -2.35. The molecule has 0 saturated carbocycles. The number of carbonyl (C=O) groups excluding carboxylic acids is 1. The summed E-state index contributed by atoms with van der Waals surface area (Å²) in [6.45, 7) is 1.58. The Morgan fingerprint density at radius 3 is 3.00 bits per heavy atom. The molecule has 0 bridgehead atoms. The lowest BCUT2D eigenvalue weighted by molar-refractivity contribution is -0.402. The highest BCUT2D eigenvalue weighted by Gasteiger charge is 2.21. The predicted molar refractivity (Wildman–Crippen MR) is 54.1 cm³/mol. The second-order valence-corrected chi connectivity index (χ2v) is 3.56. The molecule has 1 aliphatic rings. The topological polar surface area (TPSA) is 97.4 Å². The molecule has 2 rings (SSSR count). The highest BCUT2D eigenvalue weighted by Crippen LogP contribution is 2.15. The van der Waals surface area contributed by atoms with Gasteiger partial charge in [0.05, 0.1) is 6.07 Å². The van der Waals surface area contributed by atoms with Gasteiger partial charge in [0.25, 0.3) is 5.91 Å². The van der Waals surface area contributed by atoms with Crippen molar-refractivity contribution in [2.45, 2.75) is 12.5 Å². The zero-order valence-corrected chi connectivity index (χ0v) is 8.43. The third-order valence-electron chi connectivity index (χ3n) is 2.39. The Labute approximate surface area is 91.0 Å². The van der Waals surface area contributed by atoms with Gasteiger partial charge in [-0.2, -0.15) is 0 Å². The van der Waals surface area contributed by atoms with Crippen LogP contribution in [0, 0.1) is 10.1 Å². The van der Waals surface area contributed by atoms with Crippen LogP contribution >= 0.6 is 0 Å². The summed E-state index contributed by atoms with van der Waals surface area (Å²) in [5.74, 6) is -0.866. The number of nitro groups is 1. The van der Waals surface area contributed by atoms with Crippen LogP contribution in [-0.4, -0.2) is 30.0 Å².